The maximum absolute atomic E-state index is 11.2. The van der Waals surface area contributed by atoms with Crippen molar-refractivity contribution >= 4 is 11.9 Å². The van der Waals surface area contributed by atoms with Crippen molar-refractivity contribution in [1.82, 2.24) is 10.3 Å². The van der Waals surface area contributed by atoms with E-state index in [-0.39, 0.29) is 18.9 Å². The van der Waals surface area contributed by atoms with Gasteiger partial charge in [-0.15, -0.1) is 0 Å². The molecule has 1 saturated heterocycles. The fourth-order valence-electron chi connectivity index (χ4n) is 1.74. The molecule has 1 amide bonds. The van der Waals surface area contributed by atoms with Gasteiger partial charge in [0.1, 0.15) is 5.41 Å². The van der Waals surface area contributed by atoms with Crippen LogP contribution in [-0.4, -0.2) is 28.5 Å². The van der Waals surface area contributed by atoms with Gasteiger partial charge in [0.2, 0.25) is 5.91 Å². The van der Waals surface area contributed by atoms with E-state index in [9.17, 15) is 14.7 Å². The van der Waals surface area contributed by atoms with Crippen LogP contribution in [0.5, 0.6) is 0 Å². The second-order valence-corrected chi connectivity index (χ2v) is 3.56. The van der Waals surface area contributed by atoms with Crippen LogP contribution in [0.1, 0.15) is 12.1 Å². The van der Waals surface area contributed by atoms with Gasteiger partial charge >= 0.3 is 5.97 Å². The van der Waals surface area contributed by atoms with Crippen LogP contribution in [0.4, 0.5) is 0 Å². The lowest BCUT2D eigenvalue weighted by Gasteiger charge is -2.20. The van der Waals surface area contributed by atoms with Crippen LogP contribution in [-0.2, 0) is 15.0 Å². The fraction of sp³-hybridized carbons (Fsp3) is 0.300. The number of hydrogen-bond acceptors (Lipinski definition) is 3. The van der Waals surface area contributed by atoms with Crippen LogP contribution in [0.15, 0.2) is 24.4 Å². The molecular formula is C10H10N2O3. The Labute approximate surface area is 86.1 Å². The summed E-state index contributed by atoms with van der Waals surface area (Å²) in [4.78, 5) is 26.4. The average molecular weight is 206 g/mol. The predicted molar refractivity (Wildman–Crippen MR) is 51.2 cm³/mol. The van der Waals surface area contributed by atoms with E-state index in [1.165, 1.54) is 6.20 Å². The van der Waals surface area contributed by atoms with E-state index in [1.54, 1.807) is 18.2 Å². The molecule has 2 heterocycles. The van der Waals surface area contributed by atoms with Crippen molar-refractivity contribution in [3.05, 3.63) is 30.1 Å². The highest BCUT2D eigenvalue weighted by atomic mass is 16.4. The molecule has 1 aromatic heterocycles. The van der Waals surface area contributed by atoms with Crippen LogP contribution >= 0.6 is 0 Å². The maximum Gasteiger partial charge on any atom is 0.318 e. The van der Waals surface area contributed by atoms with Gasteiger partial charge in [-0.1, -0.05) is 6.07 Å². The number of carboxylic acids is 1. The van der Waals surface area contributed by atoms with Gasteiger partial charge in [-0.05, 0) is 12.1 Å². The highest BCUT2D eigenvalue weighted by Gasteiger charge is 2.48. The van der Waals surface area contributed by atoms with E-state index in [0.29, 0.717) is 5.69 Å². The van der Waals surface area contributed by atoms with Crippen molar-refractivity contribution in [2.24, 2.45) is 0 Å². The van der Waals surface area contributed by atoms with Crippen molar-refractivity contribution in [3.63, 3.8) is 0 Å². The summed E-state index contributed by atoms with van der Waals surface area (Å²) in [7, 11) is 0. The van der Waals surface area contributed by atoms with Gasteiger partial charge < -0.3 is 10.4 Å². The minimum absolute atomic E-state index is 0.0423. The Hall–Kier alpha value is -1.91. The fourth-order valence-corrected chi connectivity index (χ4v) is 1.74. The zero-order valence-electron chi connectivity index (χ0n) is 7.93. The third-order valence-electron chi connectivity index (χ3n) is 2.61. The molecule has 1 aliphatic heterocycles. The predicted octanol–water partition coefficient (Wildman–Crippen LogP) is -0.0761. The lowest BCUT2D eigenvalue weighted by molar-refractivity contribution is -0.144. The monoisotopic (exact) mass is 206 g/mol. The summed E-state index contributed by atoms with van der Waals surface area (Å²) >= 11 is 0. The first-order chi connectivity index (χ1) is 7.15. The molecule has 78 valence electrons. The topological polar surface area (TPSA) is 79.3 Å². The Morgan fingerprint density at radius 1 is 1.53 bits per heavy atom. The molecule has 1 aliphatic rings. The normalized spacial score (nSPS) is 24.9. The number of rotatable bonds is 2. The molecule has 1 atom stereocenters. The molecule has 1 aromatic rings. The lowest BCUT2D eigenvalue weighted by atomic mass is 9.83. The van der Waals surface area contributed by atoms with Crippen LogP contribution in [0.3, 0.4) is 0 Å². The van der Waals surface area contributed by atoms with Crippen molar-refractivity contribution in [1.29, 1.82) is 0 Å². The molecule has 0 spiro atoms. The number of aliphatic carboxylic acids is 1. The van der Waals surface area contributed by atoms with E-state index in [2.05, 4.69) is 10.3 Å². The van der Waals surface area contributed by atoms with Crippen LogP contribution in [0, 0.1) is 0 Å². The van der Waals surface area contributed by atoms with E-state index in [1.807, 2.05) is 0 Å². The largest absolute Gasteiger partial charge is 0.480 e. The number of amides is 1. The number of nitrogens with one attached hydrogen (secondary N) is 1. The Bertz CT molecular complexity index is 404. The molecule has 0 unspecified atom stereocenters. The molecule has 2 rings (SSSR count). The van der Waals surface area contributed by atoms with E-state index in [0.717, 1.165) is 0 Å². The molecule has 0 saturated carbocycles. The maximum atomic E-state index is 11.2. The van der Waals surface area contributed by atoms with E-state index >= 15 is 0 Å². The summed E-state index contributed by atoms with van der Waals surface area (Å²) in [5, 5.41) is 11.7. The van der Waals surface area contributed by atoms with Gasteiger partial charge in [0.05, 0.1) is 12.1 Å². The summed E-state index contributed by atoms with van der Waals surface area (Å²) in [6.07, 6.45) is 1.49. The zero-order chi connectivity index (χ0) is 10.9. The lowest BCUT2D eigenvalue weighted by Crippen LogP contribution is -2.38. The van der Waals surface area contributed by atoms with Crippen molar-refractivity contribution in [2.75, 3.05) is 6.54 Å². The number of nitrogens with zero attached hydrogens (tertiary/aromatic N) is 1. The Kier molecular flexibility index (Phi) is 2.15. The third kappa shape index (κ3) is 1.45. The quantitative estimate of drug-likeness (QED) is 0.709. The third-order valence-corrected chi connectivity index (χ3v) is 2.61. The average Bonchev–Trinajstić information content (AvgIpc) is 2.63. The standard InChI is InChI=1S/C10H10N2O3/c13-8-5-10(6-12-8,9(14)15)7-3-1-2-4-11-7/h1-4H,5-6H2,(H,12,13)(H,14,15)/t10-/m1/s1. The van der Waals surface area contributed by atoms with E-state index in [4.69, 9.17) is 0 Å². The number of hydrogen-bond donors (Lipinski definition) is 2. The van der Waals surface area contributed by atoms with Crippen molar-refractivity contribution in [2.45, 2.75) is 11.8 Å². The Morgan fingerprint density at radius 3 is 2.80 bits per heavy atom. The number of carbonyl (C=O) groups excluding carboxylic acids is 1. The molecule has 15 heavy (non-hydrogen) atoms. The number of pyridine rings is 1. The van der Waals surface area contributed by atoms with Gasteiger partial charge in [-0.25, -0.2) is 0 Å². The number of carbonyl (C=O) groups is 2. The van der Waals surface area contributed by atoms with Gasteiger partial charge in [-0.3, -0.25) is 14.6 Å². The van der Waals surface area contributed by atoms with Crippen molar-refractivity contribution in [3.8, 4) is 0 Å². The van der Waals surface area contributed by atoms with Gasteiger partial charge in [0.15, 0.2) is 0 Å². The van der Waals surface area contributed by atoms with Gasteiger partial charge in [-0.2, -0.15) is 0 Å². The first kappa shape index (κ1) is 9.64. The molecule has 0 bridgehead atoms. The van der Waals surface area contributed by atoms with Gasteiger partial charge in [0.25, 0.3) is 0 Å². The second-order valence-electron chi connectivity index (χ2n) is 3.56. The first-order valence-corrected chi connectivity index (χ1v) is 4.57. The van der Waals surface area contributed by atoms with E-state index < -0.39 is 11.4 Å². The van der Waals surface area contributed by atoms with Crippen LogP contribution in [0.25, 0.3) is 0 Å². The molecule has 1 fully saturated rings. The Balaban J connectivity index is 2.45. The van der Waals surface area contributed by atoms with Crippen molar-refractivity contribution < 1.29 is 14.7 Å². The second kappa shape index (κ2) is 3.34. The minimum atomic E-state index is -1.20. The Morgan fingerprint density at radius 2 is 2.33 bits per heavy atom. The molecule has 0 aliphatic carbocycles. The first-order valence-electron chi connectivity index (χ1n) is 4.57. The van der Waals surface area contributed by atoms with Gasteiger partial charge in [0, 0.05) is 12.7 Å². The summed E-state index contributed by atoms with van der Waals surface area (Å²) < 4.78 is 0. The SMILES string of the molecule is O=C1C[C@](C(=O)O)(c2ccccn2)CN1. The summed E-state index contributed by atoms with van der Waals surface area (Å²) in [6, 6.07) is 5.06. The highest BCUT2D eigenvalue weighted by Crippen LogP contribution is 2.29. The summed E-state index contributed by atoms with van der Waals surface area (Å²) in [6.45, 7) is 0.109. The van der Waals surface area contributed by atoms with Crippen LogP contribution in [0.2, 0.25) is 0 Å². The molecule has 0 aromatic carbocycles. The summed E-state index contributed by atoms with van der Waals surface area (Å²) in [5.74, 6) is -1.26. The zero-order valence-corrected chi connectivity index (χ0v) is 7.93. The molecular weight excluding hydrogens is 196 g/mol. The van der Waals surface area contributed by atoms with Crippen LogP contribution < -0.4 is 5.32 Å². The number of aromatic nitrogens is 1. The molecule has 0 radical (unpaired) electrons. The molecule has 5 heteroatoms. The summed E-state index contributed by atoms with van der Waals surface area (Å²) in [5.41, 5.74) is -0.769. The molecule has 5 nitrogen and oxygen atoms in total. The number of carboxylic acid groups (broad SMARTS) is 1. The highest BCUT2D eigenvalue weighted by molar-refractivity contribution is 5.93. The smallest absolute Gasteiger partial charge is 0.318 e. The minimum Gasteiger partial charge on any atom is -0.480 e. The molecule has 2 N–H and O–H groups in total.